The van der Waals surface area contributed by atoms with Crippen LogP contribution in [0.4, 0.5) is 4.39 Å². The summed E-state index contributed by atoms with van der Waals surface area (Å²) in [6, 6.07) is 6.43. The SMILES string of the molecule is CC(C)(CNCc1cccc(C#N)c1F)C(N)=O. The van der Waals surface area contributed by atoms with E-state index in [1.807, 2.05) is 0 Å². The lowest BCUT2D eigenvalue weighted by molar-refractivity contribution is -0.125. The molecule has 1 rings (SSSR count). The topological polar surface area (TPSA) is 78.9 Å². The molecule has 0 aromatic heterocycles. The Labute approximate surface area is 106 Å². The van der Waals surface area contributed by atoms with Crippen molar-refractivity contribution in [2.45, 2.75) is 20.4 Å². The number of nitriles is 1. The van der Waals surface area contributed by atoms with Crippen molar-refractivity contribution in [1.82, 2.24) is 5.32 Å². The standard InChI is InChI=1S/C13H16FN3O/c1-13(2,12(16)18)8-17-7-10-5-3-4-9(6-15)11(10)14/h3-5,17H,7-8H2,1-2H3,(H2,16,18). The Kier molecular flexibility index (Phi) is 4.40. The van der Waals surface area contributed by atoms with E-state index in [0.29, 0.717) is 12.1 Å². The smallest absolute Gasteiger partial charge is 0.224 e. The molecule has 0 saturated heterocycles. The second-order valence-corrected chi connectivity index (χ2v) is 4.74. The van der Waals surface area contributed by atoms with Crippen LogP contribution in [-0.4, -0.2) is 12.5 Å². The zero-order valence-corrected chi connectivity index (χ0v) is 10.5. The van der Waals surface area contributed by atoms with Crippen molar-refractivity contribution in [2.75, 3.05) is 6.54 Å². The van der Waals surface area contributed by atoms with E-state index < -0.39 is 17.1 Å². The highest BCUT2D eigenvalue weighted by Gasteiger charge is 2.24. The molecular formula is C13H16FN3O. The van der Waals surface area contributed by atoms with E-state index in [-0.39, 0.29) is 12.1 Å². The molecule has 18 heavy (non-hydrogen) atoms. The number of primary amides is 1. The van der Waals surface area contributed by atoms with Crippen LogP contribution in [-0.2, 0) is 11.3 Å². The van der Waals surface area contributed by atoms with Crippen LogP contribution in [0.15, 0.2) is 18.2 Å². The van der Waals surface area contributed by atoms with Gasteiger partial charge in [0.05, 0.1) is 11.0 Å². The maximum Gasteiger partial charge on any atom is 0.224 e. The van der Waals surface area contributed by atoms with Gasteiger partial charge in [0.2, 0.25) is 5.91 Å². The highest BCUT2D eigenvalue weighted by atomic mass is 19.1. The Morgan fingerprint density at radius 1 is 1.56 bits per heavy atom. The zero-order valence-electron chi connectivity index (χ0n) is 10.5. The fourth-order valence-corrected chi connectivity index (χ4v) is 1.40. The largest absolute Gasteiger partial charge is 0.369 e. The van der Waals surface area contributed by atoms with Crippen LogP contribution in [0.5, 0.6) is 0 Å². The van der Waals surface area contributed by atoms with Crippen LogP contribution in [0.3, 0.4) is 0 Å². The number of halogens is 1. The van der Waals surface area contributed by atoms with Crippen molar-refractivity contribution < 1.29 is 9.18 Å². The predicted molar refractivity (Wildman–Crippen MR) is 65.8 cm³/mol. The van der Waals surface area contributed by atoms with E-state index in [4.69, 9.17) is 11.0 Å². The average molecular weight is 249 g/mol. The van der Waals surface area contributed by atoms with Crippen LogP contribution in [0.1, 0.15) is 25.0 Å². The summed E-state index contributed by atoms with van der Waals surface area (Å²) < 4.78 is 13.7. The van der Waals surface area contributed by atoms with Gasteiger partial charge in [0, 0.05) is 18.7 Å². The van der Waals surface area contributed by atoms with Crippen LogP contribution in [0.2, 0.25) is 0 Å². The zero-order chi connectivity index (χ0) is 13.8. The summed E-state index contributed by atoms with van der Waals surface area (Å²) in [4.78, 5) is 11.1. The molecule has 0 radical (unpaired) electrons. The van der Waals surface area contributed by atoms with E-state index in [1.54, 1.807) is 32.0 Å². The molecule has 0 saturated carbocycles. The molecule has 0 atom stereocenters. The van der Waals surface area contributed by atoms with E-state index in [0.717, 1.165) is 0 Å². The molecule has 0 spiro atoms. The first-order chi connectivity index (χ1) is 8.38. The number of nitrogens with two attached hydrogens (primary N) is 1. The molecule has 0 aliphatic carbocycles. The minimum atomic E-state index is -0.691. The number of nitrogens with one attached hydrogen (secondary N) is 1. The fourth-order valence-electron chi connectivity index (χ4n) is 1.40. The first-order valence-electron chi connectivity index (χ1n) is 5.56. The van der Waals surface area contributed by atoms with Crippen molar-refractivity contribution in [1.29, 1.82) is 5.26 Å². The van der Waals surface area contributed by atoms with Gasteiger partial charge in [-0.15, -0.1) is 0 Å². The van der Waals surface area contributed by atoms with Gasteiger partial charge in [0.1, 0.15) is 11.9 Å². The van der Waals surface area contributed by atoms with E-state index in [9.17, 15) is 9.18 Å². The van der Waals surface area contributed by atoms with Gasteiger partial charge in [0.25, 0.3) is 0 Å². The van der Waals surface area contributed by atoms with Crippen molar-refractivity contribution in [3.8, 4) is 6.07 Å². The summed E-state index contributed by atoms with van der Waals surface area (Å²) >= 11 is 0. The van der Waals surface area contributed by atoms with Crippen molar-refractivity contribution in [3.05, 3.63) is 35.1 Å². The summed E-state index contributed by atoms with van der Waals surface area (Å²) in [6.07, 6.45) is 0. The number of nitrogens with zero attached hydrogens (tertiary/aromatic N) is 1. The summed E-state index contributed by atoms with van der Waals surface area (Å²) in [7, 11) is 0. The summed E-state index contributed by atoms with van der Waals surface area (Å²) in [5.41, 5.74) is 4.95. The third-order valence-electron chi connectivity index (χ3n) is 2.75. The van der Waals surface area contributed by atoms with Crippen molar-refractivity contribution in [2.24, 2.45) is 11.1 Å². The van der Waals surface area contributed by atoms with Gasteiger partial charge >= 0.3 is 0 Å². The summed E-state index contributed by atoms with van der Waals surface area (Å²) in [6.45, 7) is 4.02. The maximum absolute atomic E-state index is 13.7. The number of benzene rings is 1. The summed E-state index contributed by atoms with van der Waals surface area (Å²) in [5.74, 6) is -0.939. The van der Waals surface area contributed by atoms with Gasteiger partial charge in [-0.2, -0.15) is 5.26 Å². The van der Waals surface area contributed by atoms with Crippen LogP contribution < -0.4 is 11.1 Å². The lowest BCUT2D eigenvalue weighted by Gasteiger charge is -2.20. The normalized spacial score (nSPS) is 11.0. The molecule has 0 heterocycles. The average Bonchev–Trinajstić information content (AvgIpc) is 2.31. The molecule has 0 unspecified atom stereocenters. The second kappa shape index (κ2) is 5.61. The van der Waals surface area contributed by atoms with Crippen LogP contribution in [0.25, 0.3) is 0 Å². The molecular weight excluding hydrogens is 233 g/mol. The number of carbonyl (C=O) groups excluding carboxylic acids is 1. The number of carbonyl (C=O) groups is 1. The first-order valence-corrected chi connectivity index (χ1v) is 5.56. The van der Waals surface area contributed by atoms with Gasteiger partial charge < -0.3 is 11.1 Å². The van der Waals surface area contributed by atoms with Gasteiger partial charge in [-0.1, -0.05) is 12.1 Å². The number of hydrogen-bond donors (Lipinski definition) is 2. The Balaban J connectivity index is 2.66. The Bertz CT molecular complexity index is 491. The summed E-state index contributed by atoms with van der Waals surface area (Å²) in [5, 5.41) is 11.7. The highest BCUT2D eigenvalue weighted by Crippen LogP contribution is 2.14. The van der Waals surface area contributed by atoms with Crippen LogP contribution in [0, 0.1) is 22.6 Å². The number of amides is 1. The lowest BCUT2D eigenvalue weighted by Crippen LogP contribution is -2.40. The van der Waals surface area contributed by atoms with Gasteiger partial charge in [0.15, 0.2) is 0 Å². The molecule has 0 aliphatic heterocycles. The minimum absolute atomic E-state index is 0.0171. The monoisotopic (exact) mass is 249 g/mol. The molecule has 4 nitrogen and oxygen atoms in total. The first kappa shape index (κ1) is 14.1. The van der Waals surface area contributed by atoms with Gasteiger partial charge in [-0.3, -0.25) is 4.79 Å². The molecule has 1 amide bonds. The fraction of sp³-hybridized carbons (Fsp3) is 0.385. The molecule has 3 N–H and O–H groups in total. The molecule has 0 bridgehead atoms. The van der Waals surface area contributed by atoms with Gasteiger partial charge in [-0.25, -0.2) is 4.39 Å². The minimum Gasteiger partial charge on any atom is -0.369 e. The highest BCUT2D eigenvalue weighted by molar-refractivity contribution is 5.80. The third-order valence-corrected chi connectivity index (χ3v) is 2.75. The quantitative estimate of drug-likeness (QED) is 0.825. The molecule has 1 aromatic rings. The molecule has 1 aromatic carbocycles. The van der Waals surface area contributed by atoms with Gasteiger partial charge in [-0.05, 0) is 19.9 Å². The second-order valence-electron chi connectivity index (χ2n) is 4.74. The number of hydrogen-bond acceptors (Lipinski definition) is 3. The van der Waals surface area contributed by atoms with E-state index >= 15 is 0 Å². The molecule has 5 heteroatoms. The third kappa shape index (κ3) is 3.28. The molecule has 96 valence electrons. The predicted octanol–water partition coefficient (Wildman–Crippen LogP) is 1.30. The van der Waals surface area contributed by atoms with Crippen molar-refractivity contribution in [3.63, 3.8) is 0 Å². The Hall–Kier alpha value is -1.93. The lowest BCUT2D eigenvalue weighted by atomic mass is 9.93. The molecule has 0 aliphatic rings. The van der Waals surface area contributed by atoms with E-state index in [2.05, 4.69) is 5.32 Å². The Morgan fingerprint density at radius 2 is 2.22 bits per heavy atom. The van der Waals surface area contributed by atoms with Crippen LogP contribution >= 0.6 is 0 Å². The number of rotatable bonds is 5. The molecule has 0 fully saturated rings. The Morgan fingerprint density at radius 3 is 2.78 bits per heavy atom. The van der Waals surface area contributed by atoms with E-state index in [1.165, 1.54) is 6.07 Å². The maximum atomic E-state index is 13.7. The van der Waals surface area contributed by atoms with Crippen molar-refractivity contribution >= 4 is 5.91 Å².